The molecule has 13 heavy (non-hydrogen) atoms. The van der Waals surface area contributed by atoms with E-state index in [1.807, 2.05) is 30.3 Å². The third-order valence-electron chi connectivity index (χ3n) is 1.79. The zero-order chi connectivity index (χ0) is 9.68. The Morgan fingerprint density at radius 2 is 2.08 bits per heavy atom. The topological polar surface area (TPSA) is 29.1 Å². The summed E-state index contributed by atoms with van der Waals surface area (Å²) in [5.41, 5.74) is 1.20. The first-order valence-electron chi connectivity index (χ1n) is 4.13. The van der Waals surface area contributed by atoms with Crippen molar-refractivity contribution < 1.29 is 4.79 Å². The molecule has 0 radical (unpaired) electrons. The number of rotatable bonds is 3. The van der Waals surface area contributed by atoms with Crippen molar-refractivity contribution in [3.05, 3.63) is 35.9 Å². The van der Waals surface area contributed by atoms with Crippen LogP contribution in [0.1, 0.15) is 5.56 Å². The number of amides is 1. The monoisotopic (exact) mass is 289 g/mol. The van der Waals surface area contributed by atoms with E-state index in [0.29, 0.717) is 0 Å². The fourth-order valence-electron chi connectivity index (χ4n) is 1.07. The molecule has 1 N–H and O–H groups in total. The van der Waals surface area contributed by atoms with Crippen molar-refractivity contribution in [2.45, 2.75) is 10.3 Å². The Balaban J connectivity index is 2.55. The molecule has 0 saturated heterocycles. The summed E-state index contributed by atoms with van der Waals surface area (Å²) in [6, 6.07) is 10.0. The lowest BCUT2D eigenvalue weighted by molar-refractivity contribution is -0.119. The molecule has 0 spiro atoms. The average molecular weight is 289 g/mol. The number of hydrogen-bond donors (Lipinski definition) is 1. The molecule has 0 heterocycles. The Hall–Kier alpha value is -0.580. The van der Waals surface area contributed by atoms with Crippen molar-refractivity contribution in [1.29, 1.82) is 0 Å². The van der Waals surface area contributed by atoms with Gasteiger partial charge in [-0.1, -0.05) is 52.9 Å². The van der Waals surface area contributed by atoms with E-state index >= 15 is 0 Å². The highest BCUT2D eigenvalue weighted by Crippen LogP contribution is 2.10. The molecule has 1 aromatic carbocycles. The van der Waals surface area contributed by atoms with Crippen molar-refractivity contribution in [2.24, 2.45) is 0 Å². The van der Waals surface area contributed by atoms with E-state index in [0.717, 1.165) is 6.42 Å². The zero-order valence-electron chi connectivity index (χ0n) is 7.46. The van der Waals surface area contributed by atoms with E-state index < -0.39 is 0 Å². The normalized spacial score (nSPS) is 12.2. The van der Waals surface area contributed by atoms with Crippen LogP contribution in [0.4, 0.5) is 0 Å². The second kappa shape index (κ2) is 5.21. The van der Waals surface area contributed by atoms with Crippen LogP contribution < -0.4 is 5.32 Å². The number of halogens is 1. The predicted molar refractivity (Wildman–Crippen MR) is 62.0 cm³/mol. The lowest BCUT2D eigenvalue weighted by Crippen LogP contribution is -2.28. The second-order valence-electron chi connectivity index (χ2n) is 2.77. The minimum absolute atomic E-state index is 0.0185. The Bertz CT molecular complexity index is 274. The molecule has 3 heteroatoms. The molecule has 1 rings (SSSR count). The van der Waals surface area contributed by atoms with E-state index in [4.69, 9.17) is 0 Å². The van der Waals surface area contributed by atoms with Crippen LogP contribution in [0.5, 0.6) is 0 Å². The van der Waals surface area contributed by atoms with Gasteiger partial charge >= 0.3 is 0 Å². The summed E-state index contributed by atoms with van der Waals surface area (Å²) in [5.74, 6) is 0.0875. The molecule has 0 fully saturated rings. The first kappa shape index (κ1) is 10.5. The quantitative estimate of drug-likeness (QED) is 0.667. The largest absolute Gasteiger partial charge is 0.358 e. The third-order valence-corrected chi connectivity index (χ3v) is 2.79. The van der Waals surface area contributed by atoms with Gasteiger partial charge in [-0.15, -0.1) is 0 Å². The lowest BCUT2D eigenvalue weighted by Gasteiger charge is -2.07. The maximum atomic E-state index is 11.2. The summed E-state index contributed by atoms with van der Waals surface area (Å²) in [6.07, 6.45) is 0.793. The van der Waals surface area contributed by atoms with Gasteiger partial charge in [-0.3, -0.25) is 4.79 Å². The van der Waals surface area contributed by atoms with E-state index in [1.165, 1.54) is 5.56 Å². The zero-order valence-corrected chi connectivity index (χ0v) is 9.61. The van der Waals surface area contributed by atoms with Crippen molar-refractivity contribution in [3.63, 3.8) is 0 Å². The molecule has 70 valence electrons. The number of carbonyl (C=O) groups is 1. The van der Waals surface area contributed by atoms with Crippen molar-refractivity contribution in [3.8, 4) is 0 Å². The van der Waals surface area contributed by atoms with Crippen LogP contribution in [0, 0.1) is 0 Å². The minimum Gasteiger partial charge on any atom is -0.358 e. The SMILES string of the molecule is CNC(=O)C(I)Cc1ccccc1. The van der Waals surface area contributed by atoms with Crippen LogP contribution in [0.3, 0.4) is 0 Å². The van der Waals surface area contributed by atoms with Gasteiger partial charge in [0.15, 0.2) is 0 Å². The fraction of sp³-hybridized carbons (Fsp3) is 0.300. The third kappa shape index (κ3) is 3.34. The van der Waals surface area contributed by atoms with Crippen LogP contribution in [0.25, 0.3) is 0 Å². The van der Waals surface area contributed by atoms with Gasteiger partial charge in [0.25, 0.3) is 0 Å². The standard InChI is InChI=1S/C10H12INO/c1-12-10(13)9(11)7-8-5-3-2-4-6-8/h2-6,9H,7H2,1H3,(H,12,13). The van der Waals surface area contributed by atoms with Gasteiger partial charge < -0.3 is 5.32 Å². The molecule has 0 saturated carbocycles. The average Bonchev–Trinajstić information content (AvgIpc) is 2.18. The number of nitrogens with one attached hydrogen (secondary N) is 1. The fourth-order valence-corrected chi connectivity index (χ4v) is 1.89. The van der Waals surface area contributed by atoms with Gasteiger partial charge in [-0.25, -0.2) is 0 Å². The molecule has 1 atom stereocenters. The molecule has 0 bridgehead atoms. The highest BCUT2D eigenvalue weighted by atomic mass is 127. The van der Waals surface area contributed by atoms with Gasteiger partial charge in [0.2, 0.25) is 5.91 Å². The molecule has 0 aliphatic rings. The summed E-state index contributed by atoms with van der Waals surface area (Å²) in [4.78, 5) is 11.2. The second-order valence-corrected chi connectivity index (χ2v) is 4.28. The van der Waals surface area contributed by atoms with E-state index in [9.17, 15) is 4.79 Å². The van der Waals surface area contributed by atoms with Crippen LogP contribution >= 0.6 is 22.6 Å². The number of alkyl halides is 1. The van der Waals surface area contributed by atoms with Crippen LogP contribution in [-0.4, -0.2) is 16.9 Å². The highest BCUT2D eigenvalue weighted by Gasteiger charge is 2.12. The van der Waals surface area contributed by atoms with E-state index in [1.54, 1.807) is 7.05 Å². The Morgan fingerprint density at radius 1 is 1.46 bits per heavy atom. The van der Waals surface area contributed by atoms with Crippen LogP contribution in [0.2, 0.25) is 0 Å². The van der Waals surface area contributed by atoms with Gasteiger partial charge in [0, 0.05) is 7.05 Å². The van der Waals surface area contributed by atoms with Crippen LogP contribution in [0.15, 0.2) is 30.3 Å². The Labute approximate surface area is 91.9 Å². The summed E-state index contributed by atoms with van der Waals surface area (Å²) in [7, 11) is 1.67. The first-order chi connectivity index (χ1) is 6.24. The summed E-state index contributed by atoms with van der Waals surface area (Å²) in [5, 5.41) is 2.64. The maximum Gasteiger partial charge on any atom is 0.233 e. The van der Waals surface area contributed by atoms with Gasteiger partial charge in [-0.05, 0) is 12.0 Å². The summed E-state index contributed by atoms with van der Waals surface area (Å²) in [6.45, 7) is 0. The maximum absolute atomic E-state index is 11.2. The van der Waals surface area contributed by atoms with Gasteiger partial charge in [0.1, 0.15) is 0 Å². The summed E-state index contributed by atoms with van der Waals surface area (Å²) < 4.78 is 0.0185. The van der Waals surface area contributed by atoms with E-state index in [-0.39, 0.29) is 9.83 Å². The van der Waals surface area contributed by atoms with E-state index in [2.05, 4.69) is 27.9 Å². The van der Waals surface area contributed by atoms with Gasteiger partial charge in [0.05, 0.1) is 3.92 Å². The minimum atomic E-state index is 0.0185. The predicted octanol–water partition coefficient (Wildman–Crippen LogP) is 1.78. The molecule has 2 nitrogen and oxygen atoms in total. The van der Waals surface area contributed by atoms with Crippen LogP contribution in [-0.2, 0) is 11.2 Å². The molecule has 0 aliphatic carbocycles. The van der Waals surface area contributed by atoms with Crippen molar-refractivity contribution >= 4 is 28.5 Å². The first-order valence-corrected chi connectivity index (χ1v) is 5.38. The lowest BCUT2D eigenvalue weighted by atomic mass is 10.1. The molecular formula is C10H12INO. The van der Waals surface area contributed by atoms with Crippen molar-refractivity contribution in [2.75, 3.05) is 7.05 Å². The highest BCUT2D eigenvalue weighted by molar-refractivity contribution is 14.1. The molecule has 1 amide bonds. The molecular weight excluding hydrogens is 277 g/mol. The van der Waals surface area contributed by atoms with Gasteiger partial charge in [-0.2, -0.15) is 0 Å². The van der Waals surface area contributed by atoms with Crippen molar-refractivity contribution in [1.82, 2.24) is 5.32 Å². The number of hydrogen-bond acceptors (Lipinski definition) is 1. The molecule has 0 aliphatic heterocycles. The summed E-state index contributed by atoms with van der Waals surface area (Å²) >= 11 is 2.16. The molecule has 1 unspecified atom stereocenters. The smallest absolute Gasteiger partial charge is 0.233 e. The molecule has 0 aromatic heterocycles. The Morgan fingerprint density at radius 3 is 2.62 bits per heavy atom. The number of carbonyl (C=O) groups excluding carboxylic acids is 1. The Kier molecular flexibility index (Phi) is 4.21. The molecule has 1 aromatic rings. The number of benzene rings is 1.